The lowest BCUT2D eigenvalue weighted by molar-refractivity contribution is -0.143. The van der Waals surface area contributed by atoms with Gasteiger partial charge in [0.05, 0.1) is 13.2 Å². The first-order valence-electron chi connectivity index (χ1n) is 7.41. The van der Waals surface area contributed by atoms with Crippen LogP contribution in [0.3, 0.4) is 0 Å². The second-order valence-electron chi connectivity index (χ2n) is 5.12. The molecule has 0 atom stereocenters. The van der Waals surface area contributed by atoms with Gasteiger partial charge in [0, 0.05) is 6.42 Å². The topological polar surface area (TPSA) is 35.5 Å². The van der Waals surface area contributed by atoms with Gasteiger partial charge in [-0.05, 0) is 63.6 Å². The fourth-order valence-corrected chi connectivity index (χ4v) is 2.10. The van der Waals surface area contributed by atoms with Gasteiger partial charge in [0.2, 0.25) is 0 Å². The number of hydrogen-bond donors (Lipinski definition) is 0. The van der Waals surface area contributed by atoms with Crippen molar-refractivity contribution in [1.29, 1.82) is 0 Å². The van der Waals surface area contributed by atoms with Crippen molar-refractivity contribution in [3.63, 3.8) is 0 Å². The zero-order valence-corrected chi connectivity index (χ0v) is 13.1. The van der Waals surface area contributed by atoms with Crippen molar-refractivity contribution in [3.05, 3.63) is 28.8 Å². The second kappa shape index (κ2) is 8.62. The van der Waals surface area contributed by atoms with E-state index in [1.54, 1.807) is 0 Å². The number of rotatable bonds is 8. The monoisotopic (exact) mass is 278 g/mol. The number of carbonyl (C=O) groups excluding carboxylic acids is 1. The molecule has 0 spiro atoms. The summed E-state index contributed by atoms with van der Waals surface area (Å²) in [4.78, 5) is 11.2. The Hall–Kier alpha value is -1.51. The molecule has 0 unspecified atom stereocenters. The lowest BCUT2D eigenvalue weighted by atomic mass is 10.1. The molecule has 20 heavy (non-hydrogen) atoms. The highest BCUT2D eigenvalue weighted by Gasteiger charge is 2.06. The van der Waals surface area contributed by atoms with E-state index in [0.29, 0.717) is 19.6 Å². The number of aryl methyl sites for hydroxylation is 2. The van der Waals surface area contributed by atoms with E-state index in [4.69, 9.17) is 9.47 Å². The summed E-state index contributed by atoms with van der Waals surface area (Å²) in [5.74, 6) is 0.911. The van der Waals surface area contributed by atoms with E-state index in [2.05, 4.69) is 32.9 Å². The summed E-state index contributed by atoms with van der Waals surface area (Å²) in [5.41, 5.74) is 3.66. The predicted molar refractivity (Wildman–Crippen MR) is 81.2 cm³/mol. The first kappa shape index (κ1) is 16.5. The van der Waals surface area contributed by atoms with Gasteiger partial charge in [-0.25, -0.2) is 0 Å². The number of benzene rings is 1. The third kappa shape index (κ3) is 5.24. The summed E-state index contributed by atoms with van der Waals surface area (Å²) in [6.45, 7) is 9.27. The summed E-state index contributed by atoms with van der Waals surface area (Å²) in [5, 5.41) is 0. The summed E-state index contributed by atoms with van der Waals surface area (Å²) >= 11 is 0. The Bertz CT molecular complexity index is 438. The molecule has 0 radical (unpaired) electrons. The van der Waals surface area contributed by atoms with Gasteiger partial charge in [-0.1, -0.05) is 12.1 Å². The van der Waals surface area contributed by atoms with E-state index in [1.807, 2.05) is 6.92 Å². The smallest absolute Gasteiger partial charge is 0.305 e. The van der Waals surface area contributed by atoms with Crippen LogP contribution in [0.15, 0.2) is 12.1 Å². The van der Waals surface area contributed by atoms with E-state index in [1.165, 1.54) is 16.7 Å². The Labute approximate surface area is 122 Å². The maximum atomic E-state index is 11.2. The maximum absolute atomic E-state index is 11.2. The van der Waals surface area contributed by atoms with Gasteiger partial charge in [0.1, 0.15) is 5.75 Å². The normalized spacial score (nSPS) is 10.4. The molecule has 3 heteroatoms. The largest absolute Gasteiger partial charge is 0.493 e. The third-order valence-electron chi connectivity index (χ3n) is 3.45. The van der Waals surface area contributed by atoms with Crippen molar-refractivity contribution in [2.24, 2.45) is 0 Å². The highest BCUT2D eigenvalue weighted by Crippen LogP contribution is 2.25. The molecule has 1 rings (SSSR count). The Kier molecular flexibility index (Phi) is 7.13. The molecule has 3 nitrogen and oxygen atoms in total. The first-order chi connectivity index (χ1) is 9.56. The minimum Gasteiger partial charge on any atom is -0.493 e. The molecule has 0 aliphatic carbocycles. The standard InChI is InChI=1S/C17H26O3/c1-5-19-16(18)9-7-6-8-12-20-17-14(3)11-10-13(2)15(17)4/h10-11H,5-9,12H2,1-4H3. The summed E-state index contributed by atoms with van der Waals surface area (Å²) in [6, 6.07) is 4.22. The lowest BCUT2D eigenvalue weighted by Gasteiger charge is -2.13. The van der Waals surface area contributed by atoms with E-state index in [-0.39, 0.29) is 5.97 Å². The lowest BCUT2D eigenvalue weighted by Crippen LogP contribution is -2.04. The second-order valence-corrected chi connectivity index (χ2v) is 5.12. The zero-order valence-electron chi connectivity index (χ0n) is 13.1. The van der Waals surface area contributed by atoms with Crippen LogP contribution in [0.1, 0.15) is 49.3 Å². The van der Waals surface area contributed by atoms with Crippen LogP contribution in [0, 0.1) is 20.8 Å². The van der Waals surface area contributed by atoms with Gasteiger partial charge in [-0.15, -0.1) is 0 Å². The molecule has 0 saturated carbocycles. The van der Waals surface area contributed by atoms with Gasteiger partial charge in [-0.3, -0.25) is 4.79 Å². The predicted octanol–water partition coefficient (Wildman–Crippen LogP) is 4.11. The van der Waals surface area contributed by atoms with Crippen LogP contribution in [-0.4, -0.2) is 19.2 Å². The van der Waals surface area contributed by atoms with Crippen molar-refractivity contribution in [1.82, 2.24) is 0 Å². The van der Waals surface area contributed by atoms with Crippen LogP contribution < -0.4 is 4.74 Å². The van der Waals surface area contributed by atoms with Crippen LogP contribution in [0.4, 0.5) is 0 Å². The molecule has 0 saturated heterocycles. The molecule has 1 aromatic carbocycles. The van der Waals surface area contributed by atoms with Crippen LogP contribution >= 0.6 is 0 Å². The average molecular weight is 278 g/mol. The fraction of sp³-hybridized carbons (Fsp3) is 0.588. The summed E-state index contributed by atoms with van der Waals surface area (Å²) < 4.78 is 10.8. The van der Waals surface area contributed by atoms with Crippen LogP contribution in [0.25, 0.3) is 0 Å². The number of ether oxygens (including phenoxy) is 2. The van der Waals surface area contributed by atoms with E-state index < -0.39 is 0 Å². The van der Waals surface area contributed by atoms with Crippen molar-refractivity contribution in [3.8, 4) is 5.75 Å². The summed E-state index contributed by atoms with van der Waals surface area (Å²) in [6.07, 6.45) is 3.33. The molecule has 112 valence electrons. The number of unbranched alkanes of at least 4 members (excludes halogenated alkanes) is 2. The molecular weight excluding hydrogens is 252 g/mol. The van der Waals surface area contributed by atoms with Crippen molar-refractivity contribution >= 4 is 5.97 Å². The number of carbonyl (C=O) groups is 1. The molecular formula is C17H26O3. The van der Waals surface area contributed by atoms with Gasteiger partial charge in [-0.2, -0.15) is 0 Å². The Balaban J connectivity index is 2.25. The quantitative estimate of drug-likeness (QED) is 0.530. The first-order valence-corrected chi connectivity index (χ1v) is 7.41. The molecule has 0 aliphatic rings. The SMILES string of the molecule is CCOC(=O)CCCCCOc1c(C)ccc(C)c1C. The molecule has 0 N–H and O–H groups in total. The van der Waals surface area contributed by atoms with Gasteiger partial charge in [0.25, 0.3) is 0 Å². The number of esters is 1. The number of hydrogen-bond acceptors (Lipinski definition) is 3. The molecule has 0 aliphatic heterocycles. The molecule has 0 bridgehead atoms. The van der Waals surface area contributed by atoms with E-state index in [0.717, 1.165) is 25.0 Å². The average Bonchev–Trinajstić information content (AvgIpc) is 2.42. The van der Waals surface area contributed by atoms with Crippen molar-refractivity contribution in [2.75, 3.05) is 13.2 Å². The highest BCUT2D eigenvalue weighted by atomic mass is 16.5. The Morgan fingerprint density at radius 3 is 2.45 bits per heavy atom. The van der Waals surface area contributed by atoms with E-state index >= 15 is 0 Å². The maximum Gasteiger partial charge on any atom is 0.305 e. The van der Waals surface area contributed by atoms with Gasteiger partial charge < -0.3 is 9.47 Å². The Morgan fingerprint density at radius 2 is 1.75 bits per heavy atom. The molecule has 1 aromatic rings. The minimum atomic E-state index is -0.0983. The van der Waals surface area contributed by atoms with Crippen LogP contribution in [-0.2, 0) is 9.53 Å². The fourth-order valence-electron chi connectivity index (χ4n) is 2.10. The molecule has 0 aromatic heterocycles. The van der Waals surface area contributed by atoms with Crippen LogP contribution in [0.5, 0.6) is 5.75 Å². The highest BCUT2D eigenvalue weighted by molar-refractivity contribution is 5.69. The zero-order chi connectivity index (χ0) is 15.0. The Morgan fingerprint density at radius 1 is 1.05 bits per heavy atom. The van der Waals surface area contributed by atoms with Gasteiger partial charge >= 0.3 is 5.97 Å². The van der Waals surface area contributed by atoms with Crippen molar-refractivity contribution < 1.29 is 14.3 Å². The van der Waals surface area contributed by atoms with Gasteiger partial charge in [0.15, 0.2) is 0 Å². The summed E-state index contributed by atoms with van der Waals surface area (Å²) in [7, 11) is 0. The minimum absolute atomic E-state index is 0.0983. The third-order valence-corrected chi connectivity index (χ3v) is 3.45. The molecule has 0 heterocycles. The van der Waals surface area contributed by atoms with Crippen LogP contribution in [0.2, 0.25) is 0 Å². The van der Waals surface area contributed by atoms with E-state index in [9.17, 15) is 4.79 Å². The molecule has 0 fully saturated rings. The van der Waals surface area contributed by atoms with Crippen molar-refractivity contribution in [2.45, 2.75) is 53.4 Å². The molecule has 0 amide bonds.